The number of amides is 1. The summed E-state index contributed by atoms with van der Waals surface area (Å²) < 4.78 is 44.3. The van der Waals surface area contributed by atoms with Crippen molar-refractivity contribution >= 4 is 28.6 Å². The second-order valence-electron chi connectivity index (χ2n) is 5.60. The highest BCUT2D eigenvalue weighted by atomic mass is 32.2. The molecule has 0 saturated carbocycles. The summed E-state index contributed by atoms with van der Waals surface area (Å²) in [6.07, 6.45) is -2.74. The number of alkyl halides is 3. The van der Waals surface area contributed by atoms with Gasteiger partial charge in [-0.1, -0.05) is 30.0 Å². The predicted molar refractivity (Wildman–Crippen MR) is 87.2 cm³/mol. The van der Waals surface area contributed by atoms with E-state index in [9.17, 15) is 18.0 Å². The highest BCUT2D eigenvalue weighted by Gasteiger charge is 2.35. The van der Waals surface area contributed by atoms with Crippen LogP contribution in [-0.2, 0) is 15.7 Å². The number of carbonyl (C=O) groups excluding carboxylic acids is 1. The third-order valence-electron chi connectivity index (χ3n) is 3.71. The van der Waals surface area contributed by atoms with Gasteiger partial charge in [-0.15, -0.1) is 0 Å². The molecule has 1 aliphatic heterocycles. The maximum atomic E-state index is 13.0. The van der Waals surface area contributed by atoms with Crippen LogP contribution in [0.25, 0.3) is 10.9 Å². The molecule has 0 bridgehead atoms. The Balaban J connectivity index is 1.70. The second-order valence-corrected chi connectivity index (χ2v) is 6.56. The van der Waals surface area contributed by atoms with Crippen LogP contribution in [0, 0.1) is 0 Å². The fraction of sp³-hybridized carbons (Fsp3) is 0.438. The van der Waals surface area contributed by atoms with Crippen LogP contribution in [-0.4, -0.2) is 40.9 Å². The number of ether oxygens (including phenoxy) is 1. The minimum Gasteiger partial charge on any atom is -0.376 e. The van der Waals surface area contributed by atoms with Crippen LogP contribution in [0.2, 0.25) is 0 Å². The Morgan fingerprint density at radius 3 is 2.84 bits per heavy atom. The Labute approximate surface area is 146 Å². The Morgan fingerprint density at radius 1 is 1.32 bits per heavy atom. The lowest BCUT2D eigenvalue weighted by atomic mass is 10.2. The molecule has 1 N–H and O–H groups in total. The lowest BCUT2D eigenvalue weighted by molar-refractivity contribution is -0.145. The molecule has 1 aliphatic rings. The minimum atomic E-state index is -4.64. The van der Waals surface area contributed by atoms with Crippen molar-refractivity contribution in [3.63, 3.8) is 0 Å². The number of nitrogens with zero attached hydrogens (tertiary/aromatic N) is 2. The SMILES string of the molecule is O=C(CSc1nc(C(F)(F)F)nc2ccccc12)NC[C@@H]1CCCO1. The van der Waals surface area contributed by atoms with Gasteiger partial charge in [0.2, 0.25) is 11.7 Å². The molecule has 9 heteroatoms. The van der Waals surface area contributed by atoms with E-state index >= 15 is 0 Å². The number of aromatic nitrogens is 2. The van der Waals surface area contributed by atoms with E-state index in [1.54, 1.807) is 18.2 Å². The molecule has 25 heavy (non-hydrogen) atoms. The van der Waals surface area contributed by atoms with Crippen molar-refractivity contribution in [1.82, 2.24) is 15.3 Å². The van der Waals surface area contributed by atoms with Crippen molar-refractivity contribution in [2.45, 2.75) is 30.1 Å². The Bertz CT molecular complexity index is 764. The molecule has 1 atom stereocenters. The smallest absolute Gasteiger partial charge is 0.376 e. The zero-order valence-corrected chi connectivity index (χ0v) is 14.0. The van der Waals surface area contributed by atoms with Gasteiger partial charge >= 0.3 is 6.18 Å². The first-order valence-electron chi connectivity index (χ1n) is 7.78. The molecule has 1 amide bonds. The predicted octanol–water partition coefficient (Wildman–Crippen LogP) is 3.04. The lowest BCUT2D eigenvalue weighted by Crippen LogP contribution is -2.32. The molecule has 134 valence electrons. The quantitative estimate of drug-likeness (QED) is 0.647. The second kappa shape index (κ2) is 7.57. The van der Waals surface area contributed by atoms with Gasteiger partial charge in [0.1, 0.15) is 5.03 Å². The molecule has 1 aromatic carbocycles. The van der Waals surface area contributed by atoms with Gasteiger partial charge in [-0.2, -0.15) is 13.2 Å². The van der Waals surface area contributed by atoms with E-state index in [-0.39, 0.29) is 28.3 Å². The Hall–Kier alpha value is -1.87. The third-order valence-corrected chi connectivity index (χ3v) is 4.70. The van der Waals surface area contributed by atoms with Gasteiger partial charge in [0.05, 0.1) is 17.4 Å². The van der Waals surface area contributed by atoms with Gasteiger partial charge in [0.25, 0.3) is 0 Å². The number of halogens is 3. The maximum absolute atomic E-state index is 13.0. The van der Waals surface area contributed by atoms with Crippen molar-refractivity contribution in [1.29, 1.82) is 0 Å². The molecule has 0 radical (unpaired) electrons. The first-order valence-corrected chi connectivity index (χ1v) is 8.77. The average Bonchev–Trinajstić information content (AvgIpc) is 3.10. The number of benzene rings is 1. The number of para-hydroxylation sites is 1. The molecule has 5 nitrogen and oxygen atoms in total. The molecule has 1 fully saturated rings. The molecule has 3 rings (SSSR count). The molecule has 0 aliphatic carbocycles. The summed E-state index contributed by atoms with van der Waals surface area (Å²) in [5, 5.41) is 3.37. The lowest BCUT2D eigenvalue weighted by Gasteiger charge is -2.12. The minimum absolute atomic E-state index is 0.0191. The van der Waals surface area contributed by atoms with Crippen LogP contribution in [0.4, 0.5) is 13.2 Å². The van der Waals surface area contributed by atoms with E-state index < -0.39 is 12.0 Å². The zero-order chi connectivity index (χ0) is 17.9. The number of nitrogens with one attached hydrogen (secondary N) is 1. The summed E-state index contributed by atoms with van der Waals surface area (Å²) in [5.74, 6) is -1.49. The van der Waals surface area contributed by atoms with Crippen molar-refractivity contribution in [2.75, 3.05) is 18.9 Å². The van der Waals surface area contributed by atoms with Crippen LogP contribution < -0.4 is 5.32 Å². The molecular weight excluding hydrogens is 355 g/mol. The largest absolute Gasteiger partial charge is 0.451 e. The number of carbonyl (C=O) groups is 1. The van der Waals surface area contributed by atoms with Crippen LogP contribution in [0.1, 0.15) is 18.7 Å². The molecule has 0 unspecified atom stereocenters. The highest BCUT2D eigenvalue weighted by Crippen LogP contribution is 2.31. The third kappa shape index (κ3) is 4.60. The fourth-order valence-corrected chi connectivity index (χ4v) is 3.35. The maximum Gasteiger partial charge on any atom is 0.451 e. The van der Waals surface area contributed by atoms with Crippen LogP contribution >= 0.6 is 11.8 Å². The summed E-state index contributed by atoms with van der Waals surface area (Å²) >= 11 is 0.967. The first kappa shape index (κ1) is 17.9. The molecule has 2 aromatic rings. The van der Waals surface area contributed by atoms with E-state index in [4.69, 9.17) is 4.74 Å². The highest BCUT2D eigenvalue weighted by molar-refractivity contribution is 8.00. The van der Waals surface area contributed by atoms with E-state index in [2.05, 4.69) is 15.3 Å². The zero-order valence-electron chi connectivity index (χ0n) is 13.2. The van der Waals surface area contributed by atoms with Gasteiger partial charge in [0, 0.05) is 18.5 Å². The summed E-state index contributed by atoms with van der Waals surface area (Å²) in [5.41, 5.74) is 0.201. The summed E-state index contributed by atoms with van der Waals surface area (Å²) in [7, 11) is 0. The van der Waals surface area contributed by atoms with E-state index in [0.717, 1.165) is 24.6 Å². The van der Waals surface area contributed by atoms with Gasteiger partial charge < -0.3 is 10.1 Å². The number of hydrogen-bond acceptors (Lipinski definition) is 5. The monoisotopic (exact) mass is 371 g/mol. The van der Waals surface area contributed by atoms with E-state index in [1.807, 2.05) is 0 Å². The topological polar surface area (TPSA) is 64.1 Å². The summed E-state index contributed by atoms with van der Waals surface area (Å²) in [6, 6.07) is 6.44. The number of thioether (sulfide) groups is 1. The van der Waals surface area contributed by atoms with E-state index in [0.29, 0.717) is 18.5 Å². The average molecular weight is 371 g/mol. The van der Waals surface area contributed by atoms with Crippen LogP contribution in [0.3, 0.4) is 0 Å². The molecular formula is C16H16F3N3O2S. The van der Waals surface area contributed by atoms with Crippen molar-refractivity contribution < 1.29 is 22.7 Å². The first-order chi connectivity index (χ1) is 11.9. The molecule has 1 saturated heterocycles. The number of fused-ring (bicyclic) bond motifs is 1. The van der Waals surface area contributed by atoms with Crippen LogP contribution in [0.15, 0.2) is 29.3 Å². The van der Waals surface area contributed by atoms with Gasteiger partial charge in [-0.3, -0.25) is 4.79 Å². The van der Waals surface area contributed by atoms with Gasteiger partial charge in [-0.25, -0.2) is 9.97 Å². The van der Waals surface area contributed by atoms with Gasteiger partial charge in [-0.05, 0) is 18.9 Å². The standard InChI is InChI=1S/C16H16F3N3O2S/c17-16(18,19)15-21-12-6-2-1-5-11(12)14(22-15)25-9-13(23)20-8-10-4-3-7-24-10/h1-2,5-6,10H,3-4,7-9H2,(H,20,23)/t10-/m0/s1. The molecule has 1 aromatic heterocycles. The van der Waals surface area contributed by atoms with Gasteiger partial charge in [0.15, 0.2) is 0 Å². The Morgan fingerprint density at radius 2 is 2.12 bits per heavy atom. The normalized spacial score (nSPS) is 17.8. The number of rotatable bonds is 5. The molecule has 2 heterocycles. The number of hydrogen-bond donors (Lipinski definition) is 1. The van der Waals surface area contributed by atoms with Crippen LogP contribution in [0.5, 0.6) is 0 Å². The van der Waals surface area contributed by atoms with Crippen molar-refractivity contribution in [3.05, 3.63) is 30.1 Å². The Kier molecular flexibility index (Phi) is 5.43. The van der Waals surface area contributed by atoms with E-state index in [1.165, 1.54) is 6.07 Å². The molecule has 0 spiro atoms. The van der Waals surface area contributed by atoms with Crippen molar-refractivity contribution in [2.24, 2.45) is 0 Å². The van der Waals surface area contributed by atoms with Crippen molar-refractivity contribution in [3.8, 4) is 0 Å². The summed E-state index contributed by atoms with van der Waals surface area (Å²) in [6.45, 7) is 1.11. The fourth-order valence-electron chi connectivity index (χ4n) is 2.50. The summed E-state index contributed by atoms with van der Waals surface area (Å²) in [4.78, 5) is 19.1.